The number of aromatic nitrogens is 1. The second-order valence-corrected chi connectivity index (χ2v) is 5.98. The van der Waals surface area contributed by atoms with Crippen molar-refractivity contribution in [2.24, 2.45) is 0 Å². The molecular formula is C17H18N2O4S. The van der Waals surface area contributed by atoms with Crippen molar-refractivity contribution in [3.8, 4) is 0 Å². The number of hydrogen-bond acceptors (Lipinski definition) is 5. The van der Waals surface area contributed by atoms with Gasteiger partial charge in [-0.1, -0.05) is 36.4 Å². The highest BCUT2D eigenvalue weighted by atomic mass is 32.1. The van der Waals surface area contributed by atoms with E-state index in [4.69, 9.17) is 9.84 Å². The molecule has 0 unspecified atom stereocenters. The van der Waals surface area contributed by atoms with Crippen molar-refractivity contribution in [1.82, 2.24) is 10.3 Å². The molecule has 0 saturated carbocycles. The van der Waals surface area contributed by atoms with E-state index in [1.807, 2.05) is 36.4 Å². The Balaban J connectivity index is 1.68. The molecule has 1 heterocycles. The van der Waals surface area contributed by atoms with Gasteiger partial charge in [0.05, 0.1) is 5.69 Å². The van der Waals surface area contributed by atoms with E-state index in [1.54, 1.807) is 13.0 Å². The summed E-state index contributed by atoms with van der Waals surface area (Å²) in [5, 5.41) is 12.3. The topological polar surface area (TPSA) is 88.5 Å². The van der Waals surface area contributed by atoms with Crippen molar-refractivity contribution in [1.29, 1.82) is 0 Å². The molecule has 7 heteroatoms. The van der Waals surface area contributed by atoms with Crippen LogP contribution >= 0.6 is 11.3 Å². The quantitative estimate of drug-likeness (QED) is 0.749. The molecule has 2 N–H and O–H groups in total. The Kier molecular flexibility index (Phi) is 6.51. The molecule has 0 saturated heterocycles. The third-order valence-corrected chi connectivity index (χ3v) is 4.17. The lowest BCUT2D eigenvalue weighted by atomic mass is 10.2. The Morgan fingerprint density at radius 1 is 1.33 bits per heavy atom. The van der Waals surface area contributed by atoms with Crippen molar-refractivity contribution in [2.75, 3.05) is 6.54 Å². The third-order valence-electron chi connectivity index (χ3n) is 3.06. The molecule has 126 valence electrons. The fourth-order valence-corrected chi connectivity index (χ4v) is 2.74. The van der Waals surface area contributed by atoms with Gasteiger partial charge in [0.1, 0.15) is 16.5 Å². The maximum absolute atomic E-state index is 11.5. The van der Waals surface area contributed by atoms with Crippen molar-refractivity contribution in [3.05, 3.63) is 57.6 Å². The lowest BCUT2D eigenvalue weighted by Gasteiger charge is -2.05. The fraction of sp³-hybridized carbons (Fsp3) is 0.235. The van der Waals surface area contributed by atoms with Crippen LogP contribution in [0.15, 0.2) is 36.4 Å². The van der Waals surface area contributed by atoms with E-state index in [0.29, 0.717) is 23.7 Å². The first-order chi connectivity index (χ1) is 11.6. The van der Waals surface area contributed by atoms with Crippen LogP contribution in [-0.4, -0.2) is 28.7 Å². The first-order valence-corrected chi connectivity index (χ1v) is 8.19. The summed E-state index contributed by atoms with van der Waals surface area (Å²) in [6.45, 7) is 2.33. The maximum atomic E-state index is 11.5. The number of amides is 1. The van der Waals surface area contributed by atoms with Crippen LogP contribution in [0.5, 0.6) is 0 Å². The number of nitrogens with zero attached hydrogens (tertiary/aromatic N) is 1. The first kappa shape index (κ1) is 17.7. The number of aromatic carboxylic acids is 1. The number of aryl methyl sites for hydroxylation is 1. The Morgan fingerprint density at radius 3 is 2.75 bits per heavy atom. The number of ether oxygens (including phenoxy) is 1. The molecule has 2 rings (SSSR count). The summed E-state index contributed by atoms with van der Waals surface area (Å²) in [5.74, 6) is -0.965. The second kappa shape index (κ2) is 8.83. The maximum Gasteiger partial charge on any atom is 0.407 e. The summed E-state index contributed by atoms with van der Waals surface area (Å²) in [5.41, 5.74) is 1.44. The monoisotopic (exact) mass is 346 g/mol. The highest BCUT2D eigenvalue weighted by molar-refractivity contribution is 7.14. The van der Waals surface area contributed by atoms with Gasteiger partial charge in [0.25, 0.3) is 0 Å². The number of carboxylic acids is 1. The van der Waals surface area contributed by atoms with Crippen LogP contribution in [0.25, 0.3) is 6.08 Å². The van der Waals surface area contributed by atoms with Gasteiger partial charge >= 0.3 is 12.1 Å². The van der Waals surface area contributed by atoms with Crippen LogP contribution < -0.4 is 5.32 Å². The van der Waals surface area contributed by atoms with Gasteiger partial charge in [-0.25, -0.2) is 14.6 Å². The molecule has 24 heavy (non-hydrogen) atoms. The predicted molar refractivity (Wildman–Crippen MR) is 92.1 cm³/mol. The molecular weight excluding hydrogens is 328 g/mol. The Morgan fingerprint density at radius 2 is 2.08 bits per heavy atom. The van der Waals surface area contributed by atoms with E-state index >= 15 is 0 Å². The average Bonchev–Trinajstić information content (AvgIpc) is 2.94. The number of nitrogens with one attached hydrogen (secondary N) is 1. The summed E-state index contributed by atoms with van der Waals surface area (Å²) >= 11 is 1.13. The number of hydrogen-bond donors (Lipinski definition) is 2. The third kappa shape index (κ3) is 5.51. The van der Waals surface area contributed by atoms with Crippen molar-refractivity contribution in [2.45, 2.75) is 20.0 Å². The average molecular weight is 346 g/mol. The van der Waals surface area contributed by atoms with Crippen LogP contribution in [0.2, 0.25) is 0 Å². The van der Waals surface area contributed by atoms with E-state index in [1.165, 1.54) is 0 Å². The zero-order valence-corrected chi connectivity index (χ0v) is 14.0. The highest BCUT2D eigenvalue weighted by Crippen LogP contribution is 2.19. The minimum atomic E-state index is -0.965. The number of rotatable bonds is 7. The number of carboxylic acid groups (broad SMARTS) is 1. The molecule has 0 fully saturated rings. The summed E-state index contributed by atoms with van der Waals surface area (Å²) in [4.78, 5) is 26.9. The normalized spacial score (nSPS) is 10.7. The van der Waals surface area contributed by atoms with Gasteiger partial charge in [-0.15, -0.1) is 11.3 Å². The molecule has 0 bridgehead atoms. The van der Waals surface area contributed by atoms with Gasteiger partial charge in [0, 0.05) is 6.54 Å². The van der Waals surface area contributed by atoms with Crippen LogP contribution in [0.3, 0.4) is 0 Å². The molecule has 1 aromatic heterocycles. The lowest BCUT2D eigenvalue weighted by Crippen LogP contribution is -2.24. The van der Waals surface area contributed by atoms with Crippen LogP contribution in [0.4, 0.5) is 4.79 Å². The predicted octanol–water partition coefficient (Wildman–Crippen LogP) is 3.48. The molecule has 0 spiro atoms. The molecule has 0 aliphatic rings. The standard InChI is InChI=1S/C17H18N2O4S/c1-12-15(16(20)21)24-14(19-12)9-5-6-10-18-17(22)23-11-13-7-3-2-4-8-13/h2-5,7-9H,6,10-11H2,1H3,(H,18,22)(H,20,21). The van der Waals surface area contributed by atoms with Crippen molar-refractivity contribution < 1.29 is 19.4 Å². The van der Waals surface area contributed by atoms with Gasteiger partial charge in [0.2, 0.25) is 0 Å². The van der Waals surface area contributed by atoms with Crippen molar-refractivity contribution >= 4 is 29.5 Å². The first-order valence-electron chi connectivity index (χ1n) is 7.38. The van der Waals surface area contributed by atoms with Gasteiger partial charge in [0.15, 0.2) is 0 Å². The number of alkyl carbamates (subject to hydrolysis) is 1. The molecule has 0 aliphatic carbocycles. The SMILES string of the molecule is Cc1nc(C=CCCNC(=O)OCc2ccccc2)sc1C(=O)O. The zero-order valence-electron chi connectivity index (χ0n) is 13.2. The Hall–Kier alpha value is -2.67. The highest BCUT2D eigenvalue weighted by Gasteiger charge is 2.12. The minimum absolute atomic E-state index is 0.235. The summed E-state index contributed by atoms with van der Waals surface area (Å²) < 4.78 is 5.09. The van der Waals surface area contributed by atoms with Gasteiger partial charge < -0.3 is 15.2 Å². The fourth-order valence-electron chi connectivity index (χ4n) is 1.90. The van der Waals surface area contributed by atoms with Gasteiger partial charge in [-0.2, -0.15) is 0 Å². The van der Waals surface area contributed by atoms with Gasteiger partial charge in [-0.05, 0) is 25.0 Å². The number of thiazole rings is 1. The van der Waals surface area contributed by atoms with E-state index in [-0.39, 0.29) is 11.5 Å². The van der Waals surface area contributed by atoms with E-state index < -0.39 is 12.1 Å². The smallest absolute Gasteiger partial charge is 0.407 e. The largest absolute Gasteiger partial charge is 0.477 e. The Bertz CT molecular complexity index is 725. The van der Waals surface area contributed by atoms with E-state index in [0.717, 1.165) is 16.9 Å². The Labute approximate surface area is 143 Å². The van der Waals surface area contributed by atoms with Crippen LogP contribution in [0.1, 0.15) is 32.4 Å². The molecule has 1 aromatic carbocycles. The van der Waals surface area contributed by atoms with E-state index in [2.05, 4.69) is 10.3 Å². The number of carbonyl (C=O) groups excluding carboxylic acids is 1. The van der Waals surface area contributed by atoms with Gasteiger partial charge in [-0.3, -0.25) is 0 Å². The van der Waals surface area contributed by atoms with E-state index in [9.17, 15) is 9.59 Å². The lowest BCUT2D eigenvalue weighted by molar-refractivity contribution is 0.0701. The molecule has 0 aliphatic heterocycles. The van der Waals surface area contributed by atoms with Crippen LogP contribution in [0, 0.1) is 6.92 Å². The number of benzene rings is 1. The molecule has 2 aromatic rings. The summed E-state index contributed by atoms with van der Waals surface area (Å²) in [6, 6.07) is 9.45. The zero-order chi connectivity index (χ0) is 17.4. The molecule has 6 nitrogen and oxygen atoms in total. The molecule has 0 atom stereocenters. The van der Waals surface area contributed by atoms with Crippen molar-refractivity contribution in [3.63, 3.8) is 0 Å². The van der Waals surface area contributed by atoms with Crippen LogP contribution in [-0.2, 0) is 11.3 Å². The minimum Gasteiger partial charge on any atom is -0.477 e. The summed E-state index contributed by atoms with van der Waals surface area (Å²) in [7, 11) is 0. The molecule has 1 amide bonds. The second-order valence-electron chi connectivity index (χ2n) is 4.95. The summed E-state index contributed by atoms with van der Waals surface area (Å²) in [6.07, 6.45) is 3.72. The molecule has 0 radical (unpaired) electrons. The number of carbonyl (C=O) groups is 2.